The number of nitrogens with two attached hydrogens (primary N) is 2. The number of benzene rings is 1. The molecule has 5 N–H and O–H groups in total. The summed E-state index contributed by atoms with van der Waals surface area (Å²) >= 11 is 0. The Morgan fingerprint density at radius 1 is 1.19 bits per heavy atom. The highest BCUT2D eigenvalue weighted by molar-refractivity contribution is 6.13. The smallest absolute Gasteiger partial charge is 0.132 e. The topological polar surface area (TPSA) is 92.0 Å². The fourth-order valence-electron chi connectivity index (χ4n) is 4.03. The molecule has 5 heteroatoms. The summed E-state index contributed by atoms with van der Waals surface area (Å²) in [4.78, 5) is 7.02. The van der Waals surface area contributed by atoms with Gasteiger partial charge in [-0.15, -0.1) is 0 Å². The van der Waals surface area contributed by atoms with Crippen molar-refractivity contribution in [3.63, 3.8) is 0 Å². The third kappa shape index (κ3) is 5.69. The molecule has 0 atom stereocenters. The fourth-order valence-corrected chi connectivity index (χ4v) is 4.03. The van der Waals surface area contributed by atoms with Gasteiger partial charge in [0, 0.05) is 36.5 Å². The zero-order valence-electron chi connectivity index (χ0n) is 18.8. The number of aromatic nitrogens is 1. The molecule has 2 heterocycles. The maximum absolute atomic E-state index is 8.45. The number of nitrogens with zero attached hydrogens (tertiary/aromatic N) is 2. The number of allylic oxidation sites excluding steroid dienone is 3. The number of pyridine rings is 1. The average Bonchev–Trinajstić information content (AvgIpc) is 3.61. The largest absolute Gasteiger partial charge is 0.383 e. The fraction of sp³-hybridized carbons (Fsp3) is 0.385. The Labute approximate surface area is 186 Å². The maximum Gasteiger partial charge on any atom is 0.132 e. The zero-order valence-corrected chi connectivity index (χ0v) is 18.8. The average molecular weight is 418 g/mol. The summed E-state index contributed by atoms with van der Waals surface area (Å²) in [7, 11) is 0. The van der Waals surface area contributed by atoms with Crippen LogP contribution in [-0.2, 0) is 12.8 Å². The molecule has 31 heavy (non-hydrogen) atoms. The minimum absolute atomic E-state index is 0.389. The number of hydrogen-bond donors (Lipinski definition) is 3. The van der Waals surface area contributed by atoms with Crippen LogP contribution in [0.15, 0.2) is 54.8 Å². The van der Waals surface area contributed by atoms with Crippen molar-refractivity contribution >= 4 is 11.5 Å². The number of hydrogen-bond acceptors (Lipinski definition) is 5. The molecule has 0 spiro atoms. The minimum atomic E-state index is 0.389. The first-order valence-electron chi connectivity index (χ1n) is 11.2. The third-order valence-corrected chi connectivity index (χ3v) is 5.89. The van der Waals surface area contributed by atoms with Gasteiger partial charge in [-0.1, -0.05) is 43.9 Å². The van der Waals surface area contributed by atoms with E-state index in [0.717, 1.165) is 48.7 Å². The van der Waals surface area contributed by atoms with Crippen LogP contribution in [0.25, 0.3) is 11.1 Å². The highest BCUT2D eigenvalue weighted by Gasteiger charge is 2.29. The van der Waals surface area contributed by atoms with Crippen molar-refractivity contribution in [2.45, 2.75) is 45.6 Å². The second-order valence-corrected chi connectivity index (χ2v) is 8.28. The lowest BCUT2D eigenvalue weighted by atomic mass is 9.95. The van der Waals surface area contributed by atoms with Gasteiger partial charge in [0.25, 0.3) is 0 Å². The van der Waals surface area contributed by atoms with Gasteiger partial charge in [-0.25, -0.2) is 4.98 Å². The van der Waals surface area contributed by atoms with E-state index in [1.165, 1.54) is 30.5 Å². The molecule has 0 unspecified atom stereocenters. The lowest BCUT2D eigenvalue weighted by Gasteiger charge is -2.18. The monoisotopic (exact) mass is 417 g/mol. The van der Waals surface area contributed by atoms with Crippen LogP contribution in [0.3, 0.4) is 0 Å². The second-order valence-electron chi connectivity index (χ2n) is 8.28. The van der Waals surface area contributed by atoms with Crippen LogP contribution in [0.4, 0.5) is 5.82 Å². The number of rotatable bonds is 5. The summed E-state index contributed by atoms with van der Waals surface area (Å²) in [6, 6.07) is 9.57. The molecule has 0 radical (unpaired) electrons. The number of fused-ring (bicyclic) bond motifs is 1. The summed E-state index contributed by atoms with van der Waals surface area (Å²) in [5, 5.41) is 8.45. The van der Waals surface area contributed by atoms with Crippen LogP contribution >= 0.6 is 0 Å². The molecule has 1 saturated carbocycles. The highest BCUT2D eigenvalue weighted by Crippen LogP contribution is 2.31. The van der Waals surface area contributed by atoms with Crippen LogP contribution in [0.2, 0.25) is 0 Å². The van der Waals surface area contributed by atoms with Gasteiger partial charge in [-0.3, -0.25) is 10.3 Å². The quantitative estimate of drug-likeness (QED) is 0.498. The SMILES string of the molecule is C=C/C=C(\C)C(=N)c1cc(-c2ccc3c(c2)CCN(C2CC2)CC3)cnc1N.CCN. The van der Waals surface area contributed by atoms with Gasteiger partial charge in [0.05, 0.1) is 5.71 Å². The third-order valence-electron chi connectivity index (χ3n) is 5.89. The molecule has 2 aliphatic rings. The minimum Gasteiger partial charge on any atom is -0.383 e. The van der Waals surface area contributed by atoms with Crippen LogP contribution in [-0.4, -0.2) is 41.3 Å². The van der Waals surface area contributed by atoms with E-state index in [4.69, 9.17) is 16.9 Å². The molecule has 0 amide bonds. The van der Waals surface area contributed by atoms with Crippen LogP contribution in [0.5, 0.6) is 0 Å². The first-order chi connectivity index (χ1) is 15.0. The number of nitrogens with one attached hydrogen (secondary N) is 1. The lowest BCUT2D eigenvalue weighted by Crippen LogP contribution is -2.28. The van der Waals surface area contributed by atoms with Gasteiger partial charge in [-0.2, -0.15) is 0 Å². The number of anilines is 1. The Hall–Kier alpha value is -2.76. The van der Waals surface area contributed by atoms with E-state index >= 15 is 0 Å². The van der Waals surface area contributed by atoms with Gasteiger partial charge in [0.2, 0.25) is 0 Å². The molecule has 4 rings (SSSR count). The van der Waals surface area contributed by atoms with Crippen LogP contribution in [0, 0.1) is 5.41 Å². The molecule has 0 saturated heterocycles. The molecule has 0 bridgehead atoms. The summed E-state index contributed by atoms with van der Waals surface area (Å²) in [6.07, 6.45) is 10.3. The van der Waals surface area contributed by atoms with Crippen LogP contribution < -0.4 is 11.5 Å². The van der Waals surface area contributed by atoms with E-state index in [-0.39, 0.29) is 0 Å². The number of nitrogen functional groups attached to an aromatic ring is 1. The van der Waals surface area contributed by atoms with Crippen molar-refractivity contribution < 1.29 is 0 Å². The van der Waals surface area contributed by atoms with E-state index in [0.29, 0.717) is 17.1 Å². The van der Waals surface area contributed by atoms with Gasteiger partial charge in [-0.05, 0) is 67.5 Å². The van der Waals surface area contributed by atoms with E-state index in [1.54, 1.807) is 6.08 Å². The van der Waals surface area contributed by atoms with Crippen molar-refractivity contribution in [2.24, 2.45) is 5.73 Å². The highest BCUT2D eigenvalue weighted by atomic mass is 15.2. The molecule has 5 nitrogen and oxygen atoms in total. The molecule has 1 aliphatic carbocycles. The molecule has 1 aromatic heterocycles. The second kappa shape index (κ2) is 10.5. The predicted octanol–water partition coefficient (Wildman–Crippen LogP) is 4.36. The first-order valence-corrected chi connectivity index (χ1v) is 11.2. The standard InChI is InChI=1S/C24H28N4.C2H7N/c1-3-4-16(2)23(25)22-14-20(15-27-24(22)26)18-6-5-17-9-11-28(21-7-8-21)12-10-19(17)13-18;1-2-3/h3-6,13-15,21,25H,1,7-12H2,2H3,(H2,26,27);2-3H2,1H3/b16-4+,25-23?;. The van der Waals surface area contributed by atoms with Gasteiger partial charge in [0.15, 0.2) is 0 Å². The molecular formula is C26H35N5. The Kier molecular flexibility index (Phi) is 7.77. The van der Waals surface area contributed by atoms with Gasteiger partial charge >= 0.3 is 0 Å². The van der Waals surface area contributed by atoms with Gasteiger partial charge < -0.3 is 11.5 Å². The maximum atomic E-state index is 8.45. The summed E-state index contributed by atoms with van der Waals surface area (Å²) in [5.41, 5.74) is 17.9. The van der Waals surface area contributed by atoms with E-state index in [1.807, 2.05) is 32.2 Å². The van der Waals surface area contributed by atoms with E-state index in [9.17, 15) is 0 Å². The summed E-state index contributed by atoms with van der Waals surface area (Å²) in [5.74, 6) is 0.389. The Morgan fingerprint density at radius 3 is 2.52 bits per heavy atom. The van der Waals surface area contributed by atoms with E-state index < -0.39 is 0 Å². The Morgan fingerprint density at radius 2 is 1.87 bits per heavy atom. The van der Waals surface area contributed by atoms with Gasteiger partial charge in [0.1, 0.15) is 5.82 Å². The molecular weight excluding hydrogens is 382 g/mol. The van der Waals surface area contributed by atoms with Crippen molar-refractivity contribution in [3.8, 4) is 11.1 Å². The van der Waals surface area contributed by atoms with Crippen molar-refractivity contribution in [1.82, 2.24) is 9.88 Å². The predicted molar refractivity (Wildman–Crippen MR) is 132 cm³/mol. The van der Waals surface area contributed by atoms with Crippen molar-refractivity contribution in [2.75, 3.05) is 25.4 Å². The Balaban J connectivity index is 0.000000858. The van der Waals surface area contributed by atoms with Crippen molar-refractivity contribution in [1.29, 1.82) is 5.41 Å². The molecule has 1 fully saturated rings. The summed E-state index contributed by atoms with van der Waals surface area (Å²) < 4.78 is 0. The molecule has 1 aromatic carbocycles. The molecule has 164 valence electrons. The van der Waals surface area contributed by atoms with Crippen molar-refractivity contribution in [3.05, 3.63) is 71.5 Å². The normalized spacial score (nSPS) is 16.5. The molecule has 2 aromatic rings. The lowest BCUT2D eigenvalue weighted by molar-refractivity contribution is 0.277. The Bertz CT molecular complexity index is 972. The summed E-state index contributed by atoms with van der Waals surface area (Å²) in [6.45, 7) is 10.6. The van der Waals surface area contributed by atoms with Crippen LogP contribution in [0.1, 0.15) is 43.4 Å². The van der Waals surface area contributed by atoms with E-state index in [2.05, 4.69) is 34.7 Å². The first kappa shape index (κ1) is 22.9. The zero-order chi connectivity index (χ0) is 22.4. The molecule has 1 aliphatic heterocycles.